The van der Waals surface area contributed by atoms with E-state index in [-0.39, 0.29) is 31.1 Å². The summed E-state index contributed by atoms with van der Waals surface area (Å²) in [6.45, 7) is -0.366. The molecule has 0 aliphatic rings. The number of benzene rings is 1. The molecule has 0 aromatic heterocycles. The molecule has 0 saturated heterocycles. The van der Waals surface area contributed by atoms with E-state index in [2.05, 4.69) is 0 Å². The lowest BCUT2D eigenvalue weighted by Crippen LogP contribution is -2.32. The summed E-state index contributed by atoms with van der Waals surface area (Å²) < 4.78 is 4.99. The van der Waals surface area contributed by atoms with Crippen LogP contribution in [0.25, 0.3) is 0 Å². The van der Waals surface area contributed by atoms with E-state index in [1.807, 2.05) is 0 Å². The van der Waals surface area contributed by atoms with Gasteiger partial charge in [-0.1, -0.05) is 0 Å². The standard InChI is InChI=1S/C14H17NO5/c1-15(9-14(18)19)13(17)8-7-12(16)10-3-5-11(20-2)6-4-10/h3-6H,7-9H2,1-2H3,(H,18,19). The van der Waals surface area contributed by atoms with Gasteiger partial charge in [0, 0.05) is 25.5 Å². The molecule has 1 amide bonds. The molecule has 0 aliphatic heterocycles. The number of amides is 1. The van der Waals surface area contributed by atoms with Crippen LogP contribution in [0.4, 0.5) is 0 Å². The van der Waals surface area contributed by atoms with Crippen LogP contribution in [0.15, 0.2) is 24.3 Å². The molecule has 6 heteroatoms. The fourth-order valence-corrected chi connectivity index (χ4v) is 1.62. The zero-order valence-electron chi connectivity index (χ0n) is 11.5. The molecule has 0 spiro atoms. The van der Waals surface area contributed by atoms with Gasteiger partial charge in [-0.3, -0.25) is 14.4 Å². The Morgan fingerprint density at radius 1 is 1.15 bits per heavy atom. The molecule has 108 valence electrons. The average molecular weight is 279 g/mol. The molecule has 1 N–H and O–H groups in total. The molecule has 0 radical (unpaired) electrons. The molecule has 0 fully saturated rings. The highest BCUT2D eigenvalue weighted by atomic mass is 16.5. The van der Waals surface area contributed by atoms with Gasteiger partial charge in [0.15, 0.2) is 5.78 Å². The number of carboxylic acids is 1. The fourth-order valence-electron chi connectivity index (χ4n) is 1.62. The minimum Gasteiger partial charge on any atom is -0.497 e. The van der Waals surface area contributed by atoms with Crippen LogP contribution in [0.3, 0.4) is 0 Å². The van der Waals surface area contributed by atoms with E-state index in [4.69, 9.17) is 9.84 Å². The number of carboxylic acid groups (broad SMARTS) is 1. The third kappa shape index (κ3) is 4.72. The van der Waals surface area contributed by atoms with Gasteiger partial charge >= 0.3 is 5.97 Å². The Labute approximate surface area is 117 Å². The number of carbonyl (C=O) groups is 3. The van der Waals surface area contributed by atoms with Crippen LogP contribution in [0.2, 0.25) is 0 Å². The summed E-state index contributed by atoms with van der Waals surface area (Å²) in [5.74, 6) is -0.958. The number of Topliss-reactive ketones (excluding diaryl/α,β-unsaturated/α-hetero) is 1. The lowest BCUT2D eigenvalue weighted by atomic mass is 10.1. The number of rotatable bonds is 7. The first-order valence-corrected chi connectivity index (χ1v) is 6.07. The normalized spacial score (nSPS) is 9.90. The van der Waals surface area contributed by atoms with Gasteiger partial charge in [-0.05, 0) is 24.3 Å². The van der Waals surface area contributed by atoms with E-state index in [1.165, 1.54) is 14.2 Å². The van der Waals surface area contributed by atoms with Crippen LogP contribution in [0.1, 0.15) is 23.2 Å². The van der Waals surface area contributed by atoms with Gasteiger partial charge in [-0.15, -0.1) is 0 Å². The topological polar surface area (TPSA) is 83.9 Å². The third-order valence-electron chi connectivity index (χ3n) is 2.78. The lowest BCUT2D eigenvalue weighted by Gasteiger charge is -2.13. The molecule has 0 aliphatic carbocycles. The lowest BCUT2D eigenvalue weighted by molar-refractivity contribution is -0.143. The Bertz CT molecular complexity index is 495. The van der Waals surface area contributed by atoms with Gasteiger partial charge in [0.05, 0.1) is 7.11 Å². The van der Waals surface area contributed by atoms with Gasteiger partial charge in [0.25, 0.3) is 0 Å². The Hall–Kier alpha value is -2.37. The first-order chi connectivity index (χ1) is 9.43. The zero-order valence-corrected chi connectivity index (χ0v) is 11.5. The summed E-state index contributed by atoms with van der Waals surface area (Å²) in [7, 11) is 2.93. The maximum Gasteiger partial charge on any atom is 0.323 e. The van der Waals surface area contributed by atoms with E-state index in [0.29, 0.717) is 11.3 Å². The van der Waals surface area contributed by atoms with Crippen LogP contribution >= 0.6 is 0 Å². The number of aliphatic carboxylic acids is 1. The van der Waals surface area contributed by atoms with Crippen molar-refractivity contribution in [2.24, 2.45) is 0 Å². The largest absolute Gasteiger partial charge is 0.497 e. The molecule has 1 rings (SSSR count). The fraction of sp³-hybridized carbons (Fsp3) is 0.357. The first-order valence-electron chi connectivity index (χ1n) is 6.07. The number of ketones is 1. The Morgan fingerprint density at radius 2 is 1.75 bits per heavy atom. The van der Waals surface area contributed by atoms with Crippen molar-refractivity contribution in [1.82, 2.24) is 4.90 Å². The van der Waals surface area contributed by atoms with E-state index < -0.39 is 5.97 Å². The summed E-state index contributed by atoms with van der Waals surface area (Å²) in [4.78, 5) is 35.0. The molecule has 0 saturated carbocycles. The number of likely N-dealkylation sites (N-methyl/N-ethyl adjacent to an activating group) is 1. The highest BCUT2D eigenvalue weighted by molar-refractivity contribution is 5.98. The van der Waals surface area contributed by atoms with E-state index in [1.54, 1.807) is 24.3 Å². The van der Waals surface area contributed by atoms with Gasteiger partial charge in [0.2, 0.25) is 5.91 Å². The average Bonchev–Trinajstić information content (AvgIpc) is 2.43. The maximum atomic E-state index is 11.9. The van der Waals surface area contributed by atoms with Crippen molar-refractivity contribution in [3.63, 3.8) is 0 Å². The van der Waals surface area contributed by atoms with Crippen LogP contribution in [0.5, 0.6) is 5.75 Å². The van der Waals surface area contributed by atoms with Gasteiger partial charge < -0.3 is 14.7 Å². The number of nitrogens with zero attached hydrogens (tertiary/aromatic N) is 1. The van der Waals surface area contributed by atoms with E-state index in [9.17, 15) is 14.4 Å². The highest BCUT2D eigenvalue weighted by Gasteiger charge is 2.14. The number of carbonyl (C=O) groups excluding carboxylic acids is 2. The molecule has 1 aromatic carbocycles. The van der Waals surface area contributed by atoms with E-state index in [0.717, 1.165) is 4.90 Å². The highest BCUT2D eigenvalue weighted by Crippen LogP contribution is 2.13. The van der Waals surface area contributed by atoms with E-state index >= 15 is 0 Å². The smallest absolute Gasteiger partial charge is 0.323 e. The Kier molecular flexibility index (Phi) is 5.71. The van der Waals surface area contributed by atoms with Crippen molar-refractivity contribution in [3.8, 4) is 5.75 Å². The SMILES string of the molecule is COc1ccc(C(=O)CCC(=O)N(C)CC(=O)O)cc1. The predicted molar refractivity (Wildman–Crippen MR) is 71.8 cm³/mol. The molecule has 0 heterocycles. The van der Waals surface area contributed by atoms with Crippen molar-refractivity contribution in [3.05, 3.63) is 29.8 Å². The molecule has 6 nitrogen and oxygen atoms in total. The molecule has 20 heavy (non-hydrogen) atoms. The summed E-state index contributed by atoms with van der Waals surface area (Å²) in [6.07, 6.45) is 0.0454. The first kappa shape index (κ1) is 15.7. The van der Waals surface area contributed by atoms with Gasteiger partial charge in [-0.25, -0.2) is 0 Å². The number of methoxy groups -OCH3 is 1. The summed E-state index contributed by atoms with van der Waals surface area (Å²) in [6, 6.07) is 6.61. The van der Waals surface area contributed by atoms with Crippen molar-refractivity contribution >= 4 is 17.7 Å². The van der Waals surface area contributed by atoms with Gasteiger partial charge in [0.1, 0.15) is 12.3 Å². The van der Waals surface area contributed by atoms with Crippen LogP contribution in [-0.2, 0) is 9.59 Å². The Morgan fingerprint density at radius 3 is 2.25 bits per heavy atom. The molecule has 1 aromatic rings. The van der Waals surface area contributed by atoms with Crippen LogP contribution < -0.4 is 4.74 Å². The third-order valence-corrected chi connectivity index (χ3v) is 2.78. The summed E-state index contributed by atoms with van der Waals surface area (Å²) in [5, 5.41) is 8.56. The molecular formula is C14H17NO5. The number of hydrogen-bond donors (Lipinski definition) is 1. The molecule has 0 unspecified atom stereocenters. The zero-order chi connectivity index (χ0) is 15.1. The number of ether oxygens (including phenoxy) is 1. The second-order valence-electron chi connectivity index (χ2n) is 4.30. The Balaban J connectivity index is 2.50. The molecular weight excluding hydrogens is 262 g/mol. The second-order valence-corrected chi connectivity index (χ2v) is 4.30. The predicted octanol–water partition coefficient (Wildman–Crippen LogP) is 1.20. The number of hydrogen-bond acceptors (Lipinski definition) is 4. The molecule has 0 bridgehead atoms. The van der Waals surface area contributed by atoms with Gasteiger partial charge in [-0.2, -0.15) is 0 Å². The van der Waals surface area contributed by atoms with Crippen LogP contribution in [0, 0.1) is 0 Å². The second kappa shape index (κ2) is 7.28. The minimum atomic E-state index is -1.08. The summed E-state index contributed by atoms with van der Waals surface area (Å²) >= 11 is 0. The van der Waals surface area contributed by atoms with Crippen molar-refractivity contribution in [2.75, 3.05) is 20.7 Å². The minimum absolute atomic E-state index is 0.00531. The summed E-state index contributed by atoms with van der Waals surface area (Å²) in [5.41, 5.74) is 0.500. The molecule has 0 atom stereocenters. The monoisotopic (exact) mass is 279 g/mol. The maximum absolute atomic E-state index is 11.9. The van der Waals surface area contributed by atoms with Crippen LogP contribution in [-0.4, -0.2) is 48.4 Å². The van der Waals surface area contributed by atoms with Crippen molar-refractivity contribution < 1.29 is 24.2 Å². The van der Waals surface area contributed by atoms with Crippen molar-refractivity contribution in [1.29, 1.82) is 0 Å². The quantitative estimate of drug-likeness (QED) is 0.758. The van der Waals surface area contributed by atoms with Crippen molar-refractivity contribution in [2.45, 2.75) is 12.8 Å².